The lowest BCUT2D eigenvalue weighted by molar-refractivity contribution is -0.128. The molecule has 264 valence electrons. The summed E-state index contributed by atoms with van der Waals surface area (Å²) in [5.41, 5.74) is 2.25. The highest BCUT2D eigenvalue weighted by Gasteiger charge is 2.52. The van der Waals surface area contributed by atoms with E-state index >= 15 is 0 Å². The standard InChI is InChI=1S/C38H46FN7O4/c1-42(2)38(14-15-38)36(49)41-30-10-12-31(13-11-30)46-35(48)33-23-29(39)24-40-34(33)45(37(46)50)32-5-3-4-28(22-32)27-8-6-26(7-9-27)25-44-18-16-43(17-19-44)20-21-47/h3-9,22-24,30-31,47H,10-21,25H2,1-2H3,(H,41,49). The number of pyridine rings is 1. The predicted octanol–water partition coefficient (Wildman–Crippen LogP) is 3.16. The van der Waals surface area contributed by atoms with Crippen LogP contribution in [0.1, 0.15) is 50.1 Å². The maximum atomic E-state index is 14.5. The zero-order valence-electron chi connectivity index (χ0n) is 28.9. The van der Waals surface area contributed by atoms with E-state index < -0.39 is 22.6 Å². The number of carbonyl (C=O) groups excluding carboxylic acids is 1. The Bertz CT molecular complexity index is 1970. The molecule has 1 amide bonds. The molecule has 0 spiro atoms. The van der Waals surface area contributed by atoms with Gasteiger partial charge in [-0.05, 0) is 87.5 Å². The topological polar surface area (TPSA) is 116 Å². The predicted molar refractivity (Wildman–Crippen MR) is 191 cm³/mol. The van der Waals surface area contributed by atoms with Gasteiger partial charge in [0, 0.05) is 51.4 Å². The summed E-state index contributed by atoms with van der Waals surface area (Å²) in [4.78, 5) is 52.1. The zero-order chi connectivity index (χ0) is 35.0. The maximum Gasteiger partial charge on any atom is 0.337 e. The Morgan fingerprint density at radius 1 is 0.960 bits per heavy atom. The van der Waals surface area contributed by atoms with E-state index in [0.717, 1.165) is 75.5 Å². The van der Waals surface area contributed by atoms with Crippen molar-refractivity contribution >= 4 is 16.9 Å². The molecule has 2 aliphatic carbocycles. The first-order valence-electron chi connectivity index (χ1n) is 17.7. The molecular formula is C38H46FN7O4. The summed E-state index contributed by atoms with van der Waals surface area (Å²) < 4.78 is 17.2. The van der Waals surface area contributed by atoms with Crippen LogP contribution in [0.25, 0.3) is 27.8 Å². The van der Waals surface area contributed by atoms with Gasteiger partial charge in [-0.3, -0.25) is 28.9 Å². The Morgan fingerprint density at radius 3 is 2.32 bits per heavy atom. The molecule has 1 saturated heterocycles. The van der Waals surface area contributed by atoms with Crippen LogP contribution < -0.4 is 16.6 Å². The number of halogens is 1. The van der Waals surface area contributed by atoms with E-state index in [1.807, 2.05) is 37.2 Å². The second kappa shape index (κ2) is 14.2. The van der Waals surface area contributed by atoms with E-state index in [2.05, 4.69) is 44.4 Å². The molecule has 12 heteroatoms. The first-order chi connectivity index (χ1) is 24.2. The highest BCUT2D eigenvalue weighted by Crippen LogP contribution is 2.41. The monoisotopic (exact) mass is 683 g/mol. The van der Waals surface area contributed by atoms with Crippen molar-refractivity contribution < 1.29 is 14.3 Å². The highest BCUT2D eigenvalue weighted by molar-refractivity contribution is 5.89. The van der Waals surface area contributed by atoms with Gasteiger partial charge in [0.1, 0.15) is 5.82 Å². The number of likely N-dealkylation sites (N-methyl/N-ethyl adjacent to an activating group) is 1. The molecule has 0 radical (unpaired) electrons. The molecule has 0 unspecified atom stereocenters. The van der Waals surface area contributed by atoms with Crippen molar-refractivity contribution in [2.45, 2.75) is 62.7 Å². The van der Waals surface area contributed by atoms with Gasteiger partial charge in [0.05, 0.1) is 29.4 Å². The van der Waals surface area contributed by atoms with Crippen molar-refractivity contribution in [2.75, 3.05) is 53.4 Å². The summed E-state index contributed by atoms with van der Waals surface area (Å²) in [7, 11) is 3.85. The second-order valence-corrected chi connectivity index (χ2v) is 14.3. The first-order valence-corrected chi connectivity index (χ1v) is 17.7. The molecule has 0 bridgehead atoms. The van der Waals surface area contributed by atoms with Crippen molar-refractivity contribution in [1.29, 1.82) is 0 Å². The smallest absolute Gasteiger partial charge is 0.337 e. The van der Waals surface area contributed by atoms with Crippen molar-refractivity contribution in [3.8, 4) is 16.8 Å². The molecule has 3 aliphatic rings. The van der Waals surface area contributed by atoms with E-state index in [-0.39, 0.29) is 35.6 Å². The lowest BCUT2D eigenvalue weighted by atomic mass is 9.90. The van der Waals surface area contributed by atoms with E-state index in [1.54, 1.807) is 6.07 Å². The zero-order valence-corrected chi connectivity index (χ0v) is 28.9. The number of fused-ring (bicyclic) bond motifs is 1. The molecule has 7 rings (SSSR count). The first kappa shape index (κ1) is 34.2. The fourth-order valence-electron chi connectivity index (χ4n) is 7.73. The number of aliphatic hydroxyl groups is 1. The van der Waals surface area contributed by atoms with E-state index in [4.69, 9.17) is 0 Å². The molecule has 1 aliphatic heterocycles. The van der Waals surface area contributed by atoms with Gasteiger partial charge in [-0.25, -0.2) is 18.7 Å². The largest absolute Gasteiger partial charge is 0.395 e. The molecule has 3 heterocycles. The van der Waals surface area contributed by atoms with Crippen molar-refractivity contribution in [1.82, 2.24) is 34.1 Å². The van der Waals surface area contributed by atoms with Gasteiger partial charge in [-0.15, -0.1) is 0 Å². The molecule has 4 aromatic rings. The Balaban J connectivity index is 1.13. The van der Waals surface area contributed by atoms with Gasteiger partial charge in [-0.2, -0.15) is 0 Å². The Kier molecular flexibility index (Phi) is 9.71. The van der Waals surface area contributed by atoms with Crippen LogP contribution in [0.3, 0.4) is 0 Å². The number of piperazine rings is 1. The molecular weight excluding hydrogens is 637 g/mol. The molecule has 2 aromatic heterocycles. The number of hydrogen-bond donors (Lipinski definition) is 2. The summed E-state index contributed by atoms with van der Waals surface area (Å²) in [5.74, 6) is -0.603. The lowest BCUT2D eigenvalue weighted by Gasteiger charge is -2.34. The van der Waals surface area contributed by atoms with Gasteiger partial charge in [-0.1, -0.05) is 36.4 Å². The van der Waals surface area contributed by atoms with Crippen molar-refractivity contribution in [2.24, 2.45) is 0 Å². The summed E-state index contributed by atoms with van der Waals surface area (Å²) >= 11 is 0. The number of carbonyl (C=O) groups is 1. The number of hydrogen-bond acceptors (Lipinski definition) is 8. The Labute approximate surface area is 290 Å². The van der Waals surface area contributed by atoms with E-state index in [9.17, 15) is 23.9 Å². The number of nitrogens with one attached hydrogen (secondary N) is 1. The third-order valence-electron chi connectivity index (χ3n) is 11.0. The van der Waals surface area contributed by atoms with Crippen LogP contribution in [0.5, 0.6) is 0 Å². The van der Waals surface area contributed by atoms with Gasteiger partial charge in [0.15, 0.2) is 5.65 Å². The number of β-amino-alcohol motifs (C(OH)–C–C–N with tert-alkyl or cyclic N) is 1. The van der Waals surface area contributed by atoms with Crippen LogP contribution in [0, 0.1) is 5.82 Å². The maximum absolute atomic E-state index is 14.5. The number of amides is 1. The fourth-order valence-corrected chi connectivity index (χ4v) is 7.73. The second-order valence-electron chi connectivity index (χ2n) is 14.3. The molecule has 0 atom stereocenters. The molecule has 3 fully saturated rings. The number of nitrogens with zero attached hydrogens (tertiary/aromatic N) is 6. The van der Waals surface area contributed by atoms with Crippen LogP contribution in [0.15, 0.2) is 70.4 Å². The average molecular weight is 684 g/mol. The van der Waals surface area contributed by atoms with Crippen LogP contribution in [-0.4, -0.2) is 105 Å². The summed E-state index contributed by atoms with van der Waals surface area (Å²) in [5, 5.41) is 12.5. The number of benzene rings is 2. The van der Waals surface area contributed by atoms with Crippen LogP contribution in [-0.2, 0) is 11.3 Å². The van der Waals surface area contributed by atoms with Gasteiger partial charge in [0.2, 0.25) is 5.91 Å². The van der Waals surface area contributed by atoms with Gasteiger partial charge >= 0.3 is 5.69 Å². The van der Waals surface area contributed by atoms with Gasteiger partial charge < -0.3 is 10.4 Å². The highest BCUT2D eigenvalue weighted by atomic mass is 19.1. The minimum atomic E-state index is -0.645. The van der Waals surface area contributed by atoms with E-state index in [1.165, 1.54) is 14.7 Å². The normalized spacial score (nSPS) is 21.1. The SMILES string of the molecule is CN(C)C1(C(=O)NC2CCC(n3c(=O)c4cc(F)cnc4n(-c4cccc(-c5ccc(CN6CCN(CCO)CC6)cc5)c4)c3=O)CC2)CC1. The van der Waals surface area contributed by atoms with Crippen molar-refractivity contribution in [3.05, 3.63) is 93.0 Å². The minimum absolute atomic E-state index is 0.0289. The Hall–Kier alpha value is -4.23. The van der Waals surface area contributed by atoms with Crippen LogP contribution in [0.2, 0.25) is 0 Å². The molecule has 2 N–H and O–H groups in total. The number of aliphatic hydroxyl groups excluding tert-OH is 1. The number of rotatable bonds is 10. The summed E-state index contributed by atoms with van der Waals surface area (Å²) in [6, 6.07) is 16.7. The molecule has 2 aromatic carbocycles. The lowest BCUT2D eigenvalue weighted by Crippen LogP contribution is -2.50. The quantitative estimate of drug-likeness (QED) is 0.262. The third kappa shape index (κ3) is 6.77. The molecule has 11 nitrogen and oxygen atoms in total. The Morgan fingerprint density at radius 2 is 1.66 bits per heavy atom. The fraction of sp³-hybridized carbons (Fsp3) is 0.474. The van der Waals surface area contributed by atoms with Crippen LogP contribution >= 0.6 is 0 Å². The molecule has 2 saturated carbocycles. The van der Waals surface area contributed by atoms with Gasteiger partial charge in [0.25, 0.3) is 5.56 Å². The summed E-state index contributed by atoms with van der Waals surface area (Å²) in [6.07, 6.45) is 5.06. The van der Waals surface area contributed by atoms with E-state index in [0.29, 0.717) is 31.4 Å². The summed E-state index contributed by atoms with van der Waals surface area (Å²) in [6.45, 7) is 5.58. The minimum Gasteiger partial charge on any atom is -0.395 e. The molecule has 50 heavy (non-hydrogen) atoms. The third-order valence-corrected chi connectivity index (χ3v) is 11.0. The van der Waals surface area contributed by atoms with Crippen LogP contribution in [0.4, 0.5) is 4.39 Å². The average Bonchev–Trinajstić information content (AvgIpc) is 3.94. The van der Waals surface area contributed by atoms with Crippen molar-refractivity contribution in [3.63, 3.8) is 0 Å². The number of aromatic nitrogens is 3.